The van der Waals surface area contributed by atoms with Gasteiger partial charge in [0.15, 0.2) is 0 Å². The van der Waals surface area contributed by atoms with Crippen molar-refractivity contribution in [3.63, 3.8) is 0 Å². The number of nitrogens with one attached hydrogen (secondary N) is 1. The zero-order chi connectivity index (χ0) is 12.1. The summed E-state index contributed by atoms with van der Waals surface area (Å²) in [5.41, 5.74) is 0.695. The van der Waals surface area contributed by atoms with Crippen molar-refractivity contribution in [2.75, 3.05) is 20.2 Å². The van der Waals surface area contributed by atoms with Crippen LogP contribution < -0.4 is 15.4 Å². The smallest absolute Gasteiger partial charge is 0.251 e. The second kappa shape index (κ2) is 5.68. The molecule has 0 atom stereocenters. The van der Waals surface area contributed by atoms with Gasteiger partial charge in [0.1, 0.15) is 5.75 Å². The summed E-state index contributed by atoms with van der Waals surface area (Å²) >= 11 is 0. The molecule has 0 spiro atoms. The summed E-state index contributed by atoms with van der Waals surface area (Å²) in [4.78, 5) is 12.0. The number of carbonyl (C=O) groups is 1. The molecule has 0 saturated carbocycles. The molecule has 4 nitrogen and oxygen atoms in total. The summed E-state index contributed by atoms with van der Waals surface area (Å²) in [7, 11) is 1.62. The van der Waals surface area contributed by atoms with Crippen molar-refractivity contribution in [1.82, 2.24) is 5.32 Å². The van der Waals surface area contributed by atoms with Crippen molar-refractivity contribution in [3.05, 3.63) is 29.8 Å². The third-order valence-electron chi connectivity index (χ3n) is 3.13. The van der Waals surface area contributed by atoms with Crippen molar-refractivity contribution in [2.24, 2.45) is 0 Å². The molecule has 4 heteroatoms. The maximum atomic E-state index is 12.0. The summed E-state index contributed by atoms with van der Waals surface area (Å²) in [5, 5.41) is 5.36. The molecule has 1 aromatic carbocycles. The molecule has 0 aromatic heterocycles. The first-order valence-electron chi connectivity index (χ1n) is 6.06. The maximum absolute atomic E-state index is 12.0. The average Bonchev–Trinajstić information content (AvgIpc) is 2.40. The maximum Gasteiger partial charge on any atom is 0.251 e. The second-order valence-corrected chi connectivity index (χ2v) is 4.34. The van der Waals surface area contributed by atoms with Gasteiger partial charge in [0.25, 0.3) is 5.91 Å². The lowest BCUT2D eigenvalue weighted by atomic mass is 10.1. The molecule has 1 saturated heterocycles. The van der Waals surface area contributed by atoms with Gasteiger partial charge in [-0.2, -0.15) is 0 Å². The van der Waals surface area contributed by atoms with Crippen molar-refractivity contribution in [2.45, 2.75) is 18.9 Å². The predicted molar refractivity (Wildman–Crippen MR) is 65.1 cm³/mol. The Labute approximate surface area is 101 Å². The third kappa shape index (κ3) is 3.20. The van der Waals surface area contributed by atoms with Crippen molar-refractivity contribution in [1.29, 1.82) is 0 Å². The summed E-state index contributed by atoms with van der Waals surface area (Å²) in [6.45, 7) is 2.21. The van der Waals surface area contributed by atoms with Crippen molar-refractivity contribution < 1.29 is 14.8 Å². The van der Waals surface area contributed by atoms with Gasteiger partial charge in [0.05, 0.1) is 20.2 Å². The van der Waals surface area contributed by atoms with Crippen LogP contribution in [-0.4, -0.2) is 32.1 Å². The van der Waals surface area contributed by atoms with Gasteiger partial charge in [-0.25, -0.2) is 0 Å². The van der Waals surface area contributed by atoms with E-state index in [1.54, 1.807) is 19.2 Å². The number of carbonyl (C=O) groups excluding carboxylic acids is 1. The number of amides is 1. The van der Waals surface area contributed by atoms with Crippen LogP contribution in [0.1, 0.15) is 23.2 Å². The topological polar surface area (TPSA) is 54.9 Å². The van der Waals surface area contributed by atoms with E-state index in [2.05, 4.69) is 10.6 Å². The van der Waals surface area contributed by atoms with Gasteiger partial charge in [-0.1, -0.05) is 0 Å². The first kappa shape index (κ1) is 11.9. The lowest BCUT2D eigenvalue weighted by molar-refractivity contribution is -0.663. The lowest BCUT2D eigenvalue weighted by Gasteiger charge is -2.21. The Morgan fingerprint density at radius 1 is 1.29 bits per heavy atom. The Balaban J connectivity index is 1.93. The van der Waals surface area contributed by atoms with Crippen LogP contribution in [0.3, 0.4) is 0 Å². The molecule has 1 amide bonds. The number of ether oxygens (including phenoxy) is 1. The van der Waals surface area contributed by atoms with Gasteiger partial charge in [-0.3, -0.25) is 4.79 Å². The highest BCUT2D eigenvalue weighted by Gasteiger charge is 2.18. The molecule has 0 unspecified atom stereocenters. The first-order chi connectivity index (χ1) is 8.29. The molecule has 1 fully saturated rings. The Morgan fingerprint density at radius 3 is 2.53 bits per heavy atom. The zero-order valence-electron chi connectivity index (χ0n) is 10.1. The fourth-order valence-corrected chi connectivity index (χ4v) is 2.08. The van der Waals surface area contributed by atoms with Gasteiger partial charge in [0.2, 0.25) is 0 Å². The van der Waals surface area contributed by atoms with E-state index >= 15 is 0 Å². The molecular formula is C13H19N2O2+. The van der Waals surface area contributed by atoms with Crippen LogP contribution in [0.4, 0.5) is 0 Å². The number of nitrogens with two attached hydrogens (primary N) is 1. The molecule has 1 aromatic rings. The number of quaternary nitrogens is 1. The van der Waals surface area contributed by atoms with Crippen molar-refractivity contribution in [3.8, 4) is 5.75 Å². The number of piperidine rings is 1. The van der Waals surface area contributed by atoms with E-state index in [-0.39, 0.29) is 5.91 Å². The third-order valence-corrected chi connectivity index (χ3v) is 3.13. The number of rotatable bonds is 3. The standard InChI is InChI=1S/C13H18N2O2/c1-17-12-4-2-10(3-5-12)13(16)15-11-6-8-14-9-7-11/h2-5,11,14H,6-9H2,1H3,(H,15,16)/p+1. The molecule has 17 heavy (non-hydrogen) atoms. The van der Waals surface area contributed by atoms with E-state index in [1.807, 2.05) is 12.1 Å². The Kier molecular flexibility index (Phi) is 3.98. The molecule has 3 N–H and O–H groups in total. The molecular weight excluding hydrogens is 216 g/mol. The van der Waals surface area contributed by atoms with Crippen LogP contribution in [0.5, 0.6) is 5.75 Å². The highest BCUT2D eigenvalue weighted by Crippen LogP contribution is 2.11. The van der Waals surface area contributed by atoms with E-state index in [9.17, 15) is 4.79 Å². The van der Waals surface area contributed by atoms with E-state index < -0.39 is 0 Å². The fourth-order valence-electron chi connectivity index (χ4n) is 2.08. The van der Waals surface area contributed by atoms with Gasteiger partial charge in [-0.15, -0.1) is 0 Å². The molecule has 1 aliphatic heterocycles. The number of hydrogen-bond donors (Lipinski definition) is 2. The molecule has 1 heterocycles. The highest BCUT2D eigenvalue weighted by atomic mass is 16.5. The summed E-state index contributed by atoms with van der Waals surface area (Å²) in [6.07, 6.45) is 2.11. The molecule has 0 radical (unpaired) electrons. The number of hydrogen-bond acceptors (Lipinski definition) is 2. The van der Waals surface area contributed by atoms with E-state index in [0.717, 1.165) is 31.7 Å². The SMILES string of the molecule is COc1ccc(C(=O)NC2CC[NH2+]CC2)cc1. The Morgan fingerprint density at radius 2 is 1.94 bits per heavy atom. The quantitative estimate of drug-likeness (QED) is 0.783. The average molecular weight is 235 g/mol. The van der Waals surface area contributed by atoms with Gasteiger partial charge in [-0.05, 0) is 24.3 Å². The highest BCUT2D eigenvalue weighted by molar-refractivity contribution is 5.94. The fraction of sp³-hybridized carbons (Fsp3) is 0.462. The number of methoxy groups -OCH3 is 1. The first-order valence-corrected chi connectivity index (χ1v) is 6.06. The predicted octanol–water partition coefficient (Wildman–Crippen LogP) is 0.151. The van der Waals surface area contributed by atoms with E-state index in [1.165, 1.54) is 0 Å². The van der Waals surface area contributed by atoms with Crippen LogP contribution in [0.25, 0.3) is 0 Å². The number of benzene rings is 1. The molecule has 0 aliphatic carbocycles. The summed E-state index contributed by atoms with van der Waals surface area (Å²) in [6, 6.07) is 7.54. The molecule has 92 valence electrons. The van der Waals surface area contributed by atoms with Crippen LogP contribution in [0.2, 0.25) is 0 Å². The second-order valence-electron chi connectivity index (χ2n) is 4.34. The van der Waals surface area contributed by atoms with E-state index in [4.69, 9.17) is 4.74 Å². The monoisotopic (exact) mass is 235 g/mol. The zero-order valence-corrected chi connectivity index (χ0v) is 10.1. The van der Waals surface area contributed by atoms with Gasteiger partial charge < -0.3 is 15.4 Å². The minimum Gasteiger partial charge on any atom is -0.497 e. The minimum atomic E-state index is 0.0135. The molecule has 0 bridgehead atoms. The van der Waals surface area contributed by atoms with Crippen LogP contribution >= 0.6 is 0 Å². The van der Waals surface area contributed by atoms with Crippen LogP contribution in [-0.2, 0) is 0 Å². The summed E-state index contributed by atoms with van der Waals surface area (Å²) in [5.74, 6) is 0.786. The summed E-state index contributed by atoms with van der Waals surface area (Å²) < 4.78 is 5.06. The normalized spacial score (nSPS) is 16.5. The minimum absolute atomic E-state index is 0.0135. The van der Waals surface area contributed by atoms with E-state index in [0.29, 0.717) is 11.6 Å². The Hall–Kier alpha value is -1.55. The molecule has 2 rings (SSSR count). The van der Waals surface area contributed by atoms with Gasteiger partial charge >= 0.3 is 0 Å². The van der Waals surface area contributed by atoms with Gasteiger partial charge in [0, 0.05) is 24.4 Å². The van der Waals surface area contributed by atoms with Crippen LogP contribution in [0, 0.1) is 0 Å². The van der Waals surface area contributed by atoms with Crippen molar-refractivity contribution >= 4 is 5.91 Å². The molecule has 1 aliphatic rings. The lowest BCUT2D eigenvalue weighted by Crippen LogP contribution is -2.87. The Bertz CT molecular complexity index is 370. The van der Waals surface area contributed by atoms with Crippen LogP contribution in [0.15, 0.2) is 24.3 Å². The largest absolute Gasteiger partial charge is 0.497 e.